The molecule has 1 aromatic heterocycles. The van der Waals surface area contributed by atoms with Gasteiger partial charge in [0.2, 0.25) is 5.96 Å². The lowest BCUT2D eigenvalue weighted by atomic mass is 10.0. The molecular weight excluding hydrogens is 548 g/mol. The Morgan fingerprint density at radius 3 is 2.00 bits per heavy atom. The van der Waals surface area contributed by atoms with Gasteiger partial charge in [0.25, 0.3) is 0 Å². The summed E-state index contributed by atoms with van der Waals surface area (Å²) in [6.45, 7) is 17.8. The number of thiazole rings is 1. The van der Waals surface area contributed by atoms with Gasteiger partial charge in [0.05, 0.1) is 16.4 Å². The molecule has 4 rings (SSSR count). The Kier molecular flexibility index (Phi) is 9.11. The number of rotatable bonds is 4. The number of carbonyl (C=O) groups is 2. The highest BCUT2D eigenvalue weighted by molar-refractivity contribution is 7.10. The lowest BCUT2D eigenvalue weighted by Crippen LogP contribution is -2.56. The molecule has 8 nitrogen and oxygen atoms in total. The predicted octanol–water partition coefficient (Wildman–Crippen LogP) is 8.19. The van der Waals surface area contributed by atoms with Crippen molar-refractivity contribution < 1.29 is 19.1 Å². The standard InChI is InChI=1S/C33H42N4O4S/c1-21-11-13-24(14-12-21)27-20-42-28(34-27)19-25-17-23(3)26(18-22(25)2)35-29-36(30(38)40-32(4,5)6)15-10-16-37(29)31(39)41-33(7,8)9/h11-14,17-18,20H,10,15-16,19H2,1-9H3. The zero-order valence-electron chi connectivity index (χ0n) is 26.2. The summed E-state index contributed by atoms with van der Waals surface area (Å²) in [7, 11) is 0. The molecule has 0 saturated carbocycles. The molecule has 0 atom stereocenters. The van der Waals surface area contributed by atoms with E-state index in [0.717, 1.165) is 33.0 Å². The van der Waals surface area contributed by atoms with Crippen LogP contribution in [0, 0.1) is 20.8 Å². The molecule has 0 unspecified atom stereocenters. The minimum Gasteiger partial charge on any atom is -0.443 e. The fourth-order valence-corrected chi connectivity index (χ4v) is 5.35. The summed E-state index contributed by atoms with van der Waals surface area (Å²) in [6, 6.07) is 12.5. The second kappa shape index (κ2) is 12.3. The van der Waals surface area contributed by atoms with Crippen LogP contribution < -0.4 is 0 Å². The van der Waals surface area contributed by atoms with E-state index < -0.39 is 23.4 Å². The largest absolute Gasteiger partial charge is 0.443 e. The van der Waals surface area contributed by atoms with Gasteiger partial charge in [0.15, 0.2) is 0 Å². The Hall–Kier alpha value is -3.72. The number of aryl methyl sites for hydroxylation is 3. The van der Waals surface area contributed by atoms with Crippen molar-refractivity contribution in [3.05, 3.63) is 69.0 Å². The van der Waals surface area contributed by atoms with Crippen LogP contribution in [0.3, 0.4) is 0 Å². The number of aliphatic imine (C=N–C) groups is 1. The number of carbonyl (C=O) groups excluding carboxylic acids is 2. The van der Waals surface area contributed by atoms with E-state index in [2.05, 4.69) is 42.6 Å². The molecule has 42 heavy (non-hydrogen) atoms. The van der Waals surface area contributed by atoms with Gasteiger partial charge in [0.1, 0.15) is 11.2 Å². The van der Waals surface area contributed by atoms with Crippen LogP contribution in [0.15, 0.2) is 46.8 Å². The van der Waals surface area contributed by atoms with Crippen molar-refractivity contribution in [1.82, 2.24) is 14.8 Å². The van der Waals surface area contributed by atoms with Crippen molar-refractivity contribution in [2.75, 3.05) is 13.1 Å². The van der Waals surface area contributed by atoms with Gasteiger partial charge in [-0.15, -0.1) is 11.3 Å². The van der Waals surface area contributed by atoms with E-state index in [4.69, 9.17) is 19.5 Å². The zero-order chi connectivity index (χ0) is 30.8. The van der Waals surface area contributed by atoms with Crippen molar-refractivity contribution >= 4 is 35.2 Å². The quantitative estimate of drug-likeness (QED) is 0.306. The van der Waals surface area contributed by atoms with Crippen molar-refractivity contribution in [1.29, 1.82) is 0 Å². The van der Waals surface area contributed by atoms with Crippen LogP contribution in [0.1, 0.15) is 75.2 Å². The van der Waals surface area contributed by atoms with Crippen LogP contribution in [0.5, 0.6) is 0 Å². The van der Waals surface area contributed by atoms with Crippen LogP contribution in [-0.2, 0) is 15.9 Å². The van der Waals surface area contributed by atoms with Gasteiger partial charge in [-0.25, -0.2) is 29.4 Å². The number of amides is 2. The van der Waals surface area contributed by atoms with Gasteiger partial charge >= 0.3 is 12.2 Å². The molecule has 2 amide bonds. The average molecular weight is 591 g/mol. The van der Waals surface area contributed by atoms with Gasteiger partial charge in [-0.3, -0.25) is 0 Å². The number of guanidine groups is 1. The Labute approximate surface area is 253 Å². The van der Waals surface area contributed by atoms with Crippen LogP contribution in [0.25, 0.3) is 11.3 Å². The van der Waals surface area contributed by atoms with E-state index in [1.54, 1.807) is 11.3 Å². The predicted molar refractivity (Wildman–Crippen MR) is 169 cm³/mol. The molecule has 0 radical (unpaired) electrons. The number of hydrogen-bond acceptors (Lipinski definition) is 7. The molecule has 1 saturated heterocycles. The summed E-state index contributed by atoms with van der Waals surface area (Å²) in [4.78, 5) is 39.1. The van der Waals surface area contributed by atoms with E-state index in [1.807, 2.05) is 61.5 Å². The van der Waals surface area contributed by atoms with Gasteiger partial charge in [-0.1, -0.05) is 35.9 Å². The van der Waals surface area contributed by atoms with E-state index in [-0.39, 0.29) is 5.96 Å². The lowest BCUT2D eigenvalue weighted by Gasteiger charge is -2.37. The fourth-order valence-electron chi connectivity index (χ4n) is 4.52. The first-order valence-corrected chi connectivity index (χ1v) is 15.2. The number of ether oxygens (including phenoxy) is 2. The van der Waals surface area contributed by atoms with Gasteiger partial charge in [-0.05, 0) is 91.5 Å². The molecule has 0 N–H and O–H groups in total. The number of benzene rings is 2. The topological polar surface area (TPSA) is 84.3 Å². The molecule has 0 aliphatic carbocycles. The minimum absolute atomic E-state index is 0.211. The molecule has 9 heteroatoms. The smallest absolute Gasteiger partial charge is 0.417 e. The van der Waals surface area contributed by atoms with Gasteiger partial charge < -0.3 is 9.47 Å². The average Bonchev–Trinajstić information content (AvgIpc) is 3.34. The molecule has 1 fully saturated rings. The van der Waals surface area contributed by atoms with E-state index in [0.29, 0.717) is 31.6 Å². The number of aromatic nitrogens is 1. The molecule has 0 spiro atoms. The van der Waals surface area contributed by atoms with Crippen molar-refractivity contribution in [3.8, 4) is 11.3 Å². The summed E-state index contributed by atoms with van der Waals surface area (Å²) in [5.74, 6) is 0.211. The molecule has 2 aromatic carbocycles. The second-order valence-corrected chi connectivity index (χ2v) is 13.7. The number of hydrogen-bond donors (Lipinski definition) is 0. The van der Waals surface area contributed by atoms with Gasteiger partial charge in [0, 0.05) is 30.5 Å². The summed E-state index contributed by atoms with van der Waals surface area (Å²) in [6.07, 6.45) is 0.184. The maximum absolute atomic E-state index is 13.2. The Bertz CT molecular complexity index is 1440. The molecular formula is C33H42N4O4S. The Morgan fingerprint density at radius 1 is 0.881 bits per heavy atom. The highest BCUT2D eigenvalue weighted by Gasteiger charge is 2.37. The molecule has 1 aliphatic rings. The second-order valence-electron chi connectivity index (χ2n) is 12.8. The summed E-state index contributed by atoms with van der Waals surface area (Å²) in [5.41, 5.74) is 5.73. The van der Waals surface area contributed by atoms with E-state index in [9.17, 15) is 9.59 Å². The molecule has 0 bridgehead atoms. The fraction of sp³-hybridized carbons (Fsp3) is 0.455. The zero-order valence-corrected chi connectivity index (χ0v) is 27.0. The van der Waals surface area contributed by atoms with Gasteiger partial charge in [-0.2, -0.15) is 0 Å². The van der Waals surface area contributed by atoms with Crippen LogP contribution in [0.2, 0.25) is 0 Å². The molecule has 224 valence electrons. The summed E-state index contributed by atoms with van der Waals surface area (Å²) >= 11 is 1.65. The summed E-state index contributed by atoms with van der Waals surface area (Å²) in [5, 5.41) is 3.13. The maximum atomic E-state index is 13.2. The molecule has 2 heterocycles. The summed E-state index contributed by atoms with van der Waals surface area (Å²) < 4.78 is 11.3. The highest BCUT2D eigenvalue weighted by atomic mass is 32.1. The van der Waals surface area contributed by atoms with Crippen molar-refractivity contribution in [3.63, 3.8) is 0 Å². The van der Waals surface area contributed by atoms with Crippen LogP contribution in [-0.4, -0.2) is 57.2 Å². The van der Waals surface area contributed by atoms with E-state index >= 15 is 0 Å². The Morgan fingerprint density at radius 2 is 1.45 bits per heavy atom. The van der Waals surface area contributed by atoms with Crippen molar-refractivity contribution in [2.24, 2.45) is 4.99 Å². The van der Waals surface area contributed by atoms with Crippen molar-refractivity contribution in [2.45, 2.75) is 86.4 Å². The van der Waals surface area contributed by atoms with Crippen LogP contribution >= 0.6 is 11.3 Å². The van der Waals surface area contributed by atoms with E-state index in [1.165, 1.54) is 15.4 Å². The SMILES string of the molecule is Cc1ccc(-c2csc(Cc3cc(C)c(N=C4N(C(=O)OC(C)(C)C)CCCN4C(=O)OC(C)(C)C)cc3C)n2)cc1. The first kappa shape index (κ1) is 31.2. The monoisotopic (exact) mass is 590 g/mol. The normalized spacial score (nSPS) is 14.2. The third kappa shape index (κ3) is 7.97. The Balaban J connectivity index is 1.65. The first-order valence-electron chi connectivity index (χ1n) is 14.3. The minimum atomic E-state index is -0.695. The molecule has 1 aliphatic heterocycles. The molecule has 3 aromatic rings. The first-order chi connectivity index (χ1) is 19.6. The number of nitrogens with zero attached hydrogens (tertiary/aromatic N) is 4. The van der Waals surface area contributed by atoms with Crippen LogP contribution in [0.4, 0.5) is 15.3 Å². The third-order valence-corrected chi connectivity index (χ3v) is 7.44. The maximum Gasteiger partial charge on any atom is 0.417 e. The lowest BCUT2D eigenvalue weighted by molar-refractivity contribution is 0.0225. The third-order valence-electron chi connectivity index (χ3n) is 6.59. The highest BCUT2D eigenvalue weighted by Crippen LogP contribution is 2.30.